The second-order valence-electron chi connectivity index (χ2n) is 1.87. The Morgan fingerprint density at radius 2 is 2.30 bits per heavy atom. The minimum atomic E-state index is -1.18. The maximum atomic E-state index is 8.87. The summed E-state index contributed by atoms with van der Waals surface area (Å²) in [6, 6.07) is 3.58. The molecule has 1 atom stereocenters. The van der Waals surface area contributed by atoms with Crippen LogP contribution in [0.5, 0.6) is 0 Å². The van der Waals surface area contributed by atoms with Gasteiger partial charge in [0, 0.05) is 11.8 Å². The summed E-state index contributed by atoms with van der Waals surface area (Å²) in [5.74, 6) is 0. The lowest BCUT2D eigenvalue weighted by Crippen LogP contribution is -1.91. The highest BCUT2D eigenvalue weighted by molar-refractivity contribution is 8.13. The largest absolute Gasteiger partial charge is 0.300 e. The molecule has 1 aromatic rings. The molecule has 0 radical (unpaired) electrons. The van der Waals surface area contributed by atoms with E-state index in [4.69, 9.17) is 15.2 Å². The fraction of sp³-hybridized carbons (Fsp3) is 0.167. The molecule has 0 aliphatic carbocycles. The monoisotopic (exact) mass is 176 g/mol. The smallest absolute Gasteiger partial charge is 0.256 e. The highest BCUT2D eigenvalue weighted by atomic mass is 35.7. The van der Waals surface area contributed by atoms with Crippen LogP contribution in [0.4, 0.5) is 0 Å². The molecule has 10 heavy (non-hydrogen) atoms. The highest BCUT2D eigenvalue weighted by Gasteiger charge is 2.15. The number of rotatable bonds is 1. The minimum absolute atomic E-state index is 0.660. The fourth-order valence-electron chi connectivity index (χ4n) is 0.554. The van der Waals surface area contributed by atoms with E-state index in [2.05, 4.69) is 4.98 Å². The molecule has 0 aliphatic rings. The average Bonchev–Trinajstić information content (AvgIpc) is 1.88. The molecule has 0 aromatic carbocycles. The van der Waals surface area contributed by atoms with Gasteiger partial charge in [-0.25, -0.2) is 0 Å². The summed E-state index contributed by atoms with van der Waals surface area (Å²) in [5, 5.41) is 0. The van der Waals surface area contributed by atoms with Crippen LogP contribution in [0.25, 0.3) is 0 Å². The van der Waals surface area contributed by atoms with E-state index >= 15 is 0 Å². The Morgan fingerprint density at radius 1 is 1.60 bits per heavy atom. The Morgan fingerprint density at radius 3 is 2.70 bits per heavy atom. The molecular weight excluding hydrogens is 170 g/mol. The molecule has 0 spiro atoms. The first-order chi connectivity index (χ1) is 4.70. The summed E-state index contributed by atoms with van der Waals surface area (Å²) in [6.07, 6.45) is 1.57. The van der Waals surface area contributed by atoms with Crippen LogP contribution in [0.15, 0.2) is 23.2 Å². The van der Waals surface area contributed by atoms with E-state index in [1.807, 2.05) is 13.0 Å². The van der Waals surface area contributed by atoms with Crippen molar-refractivity contribution in [2.24, 2.45) is 0 Å². The number of aromatic nitrogens is 1. The quantitative estimate of drug-likeness (QED) is 0.664. The molecule has 1 rings (SSSR count). The summed E-state index contributed by atoms with van der Waals surface area (Å²) in [4.78, 5) is 4.62. The van der Waals surface area contributed by atoms with E-state index in [1.54, 1.807) is 12.3 Å². The Bertz CT molecular complexity index is 211. The lowest BCUT2D eigenvalue weighted by atomic mass is 10.4. The van der Waals surface area contributed by atoms with Gasteiger partial charge in [0.1, 0.15) is 0 Å². The van der Waals surface area contributed by atoms with Crippen molar-refractivity contribution in [1.82, 2.24) is 4.98 Å². The fourth-order valence-corrected chi connectivity index (χ4v) is 1.15. The lowest BCUT2D eigenvalue weighted by molar-refractivity contribution is 0.652. The van der Waals surface area contributed by atoms with Crippen LogP contribution in [0.3, 0.4) is 0 Å². The summed E-state index contributed by atoms with van der Waals surface area (Å²) < 4.78 is 8.87. The third-order valence-corrected chi connectivity index (χ3v) is 2.24. The summed E-state index contributed by atoms with van der Waals surface area (Å²) in [6.45, 7) is 1.88. The standard InChI is InChI=1S/C6H7ClNOS/c1-5-2-3-6(4-8-5)10(7)9/h2-4,9H,1H3/q+1. The van der Waals surface area contributed by atoms with E-state index in [-0.39, 0.29) is 0 Å². The van der Waals surface area contributed by atoms with E-state index in [1.165, 1.54) is 0 Å². The van der Waals surface area contributed by atoms with Crippen molar-refractivity contribution in [1.29, 1.82) is 0 Å². The first-order valence-electron chi connectivity index (χ1n) is 2.72. The molecule has 0 bridgehead atoms. The lowest BCUT2D eigenvalue weighted by Gasteiger charge is -1.89. The topological polar surface area (TPSA) is 33.1 Å². The van der Waals surface area contributed by atoms with Gasteiger partial charge >= 0.3 is 10.4 Å². The van der Waals surface area contributed by atoms with Crippen molar-refractivity contribution in [3.05, 3.63) is 24.0 Å². The molecule has 0 saturated carbocycles. The number of hydrogen-bond acceptors (Lipinski definition) is 2. The SMILES string of the molecule is Cc1ccc([S+](O)Cl)cn1. The molecule has 0 aliphatic heterocycles. The summed E-state index contributed by atoms with van der Waals surface area (Å²) in [5.41, 5.74) is 0.922. The molecule has 2 nitrogen and oxygen atoms in total. The number of halogens is 1. The van der Waals surface area contributed by atoms with Crippen LogP contribution in [-0.4, -0.2) is 9.54 Å². The molecular formula is C6H7ClNOS+. The van der Waals surface area contributed by atoms with Gasteiger partial charge in [-0.05, 0) is 13.0 Å². The van der Waals surface area contributed by atoms with Gasteiger partial charge in [0.25, 0.3) is 0 Å². The van der Waals surface area contributed by atoms with Crippen LogP contribution < -0.4 is 0 Å². The third kappa shape index (κ3) is 1.87. The zero-order valence-electron chi connectivity index (χ0n) is 5.41. The number of nitrogens with zero attached hydrogens (tertiary/aromatic N) is 1. The van der Waals surface area contributed by atoms with Crippen LogP contribution >= 0.6 is 10.7 Å². The van der Waals surface area contributed by atoms with Gasteiger partial charge in [0.15, 0.2) is 0 Å². The highest BCUT2D eigenvalue weighted by Crippen LogP contribution is 2.12. The molecule has 1 N–H and O–H groups in total. The van der Waals surface area contributed by atoms with Gasteiger partial charge in [-0.15, -0.1) is 0 Å². The molecule has 0 fully saturated rings. The van der Waals surface area contributed by atoms with Gasteiger partial charge in [-0.1, -0.05) is 0 Å². The van der Waals surface area contributed by atoms with Gasteiger partial charge in [0.2, 0.25) is 15.6 Å². The van der Waals surface area contributed by atoms with Gasteiger partial charge in [0.05, 0.1) is 6.20 Å². The Hall–Kier alpha value is -0.250. The Balaban J connectivity index is 2.89. The maximum Gasteiger partial charge on any atom is 0.300 e. The first kappa shape index (κ1) is 7.85. The third-order valence-electron chi connectivity index (χ3n) is 1.08. The van der Waals surface area contributed by atoms with Crippen molar-refractivity contribution >= 4 is 21.1 Å². The number of aryl methyl sites for hydroxylation is 1. The van der Waals surface area contributed by atoms with Crippen LogP contribution in [0.1, 0.15) is 5.69 Å². The molecule has 1 aromatic heterocycles. The number of hydrogen-bond donors (Lipinski definition) is 1. The molecule has 0 amide bonds. The van der Waals surface area contributed by atoms with Crippen LogP contribution in [0.2, 0.25) is 0 Å². The maximum absolute atomic E-state index is 8.87. The van der Waals surface area contributed by atoms with Gasteiger partial charge in [-0.2, -0.15) is 4.55 Å². The van der Waals surface area contributed by atoms with E-state index in [0.29, 0.717) is 4.90 Å². The van der Waals surface area contributed by atoms with Crippen molar-refractivity contribution in [3.63, 3.8) is 0 Å². The summed E-state index contributed by atoms with van der Waals surface area (Å²) in [7, 11) is 4.22. The van der Waals surface area contributed by atoms with E-state index in [0.717, 1.165) is 5.69 Å². The summed E-state index contributed by atoms with van der Waals surface area (Å²) >= 11 is 0. The van der Waals surface area contributed by atoms with Crippen molar-refractivity contribution in [2.75, 3.05) is 0 Å². The van der Waals surface area contributed by atoms with Gasteiger partial charge in [-0.3, -0.25) is 4.98 Å². The molecule has 1 heterocycles. The van der Waals surface area contributed by atoms with Crippen molar-refractivity contribution in [2.45, 2.75) is 11.8 Å². The predicted octanol–water partition coefficient (Wildman–Crippen LogP) is 1.99. The molecule has 1 unspecified atom stereocenters. The second-order valence-corrected chi connectivity index (χ2v) is 3.70. The van der Waals surface area contributed by atoms with Crippen molar-refractivity contribution in [3.8, 4) is 0 Å². The average molecular weight is 177 g/mol. The normalized spacial score (nSPS) is 13.1. The Labute approximate surface area is 66.9 Å². The van der Waals surface area contributed by atoms with Crippen molar-refractivity contribution < 1.29 is 4.55 Å². The Kier molecular flexibility index (Phi) is 2.54. The molecule has 54 valence electrons. The van der Waals surface area contributed by atoms with E-state index < -0.39 is 10.4 Å². The van der Waals surface area contributed by atoms with Gasteiger partial charge < -0.3 is 0 Å². The number of pyridine rings is 1. The van der Waals surface area contributed by atoms with E-state index in [9.17, 15) is 0 Å². The minimum Gasteiger partial charge on any atom is -0.256 e. The zero-order chi connectivity index (χ0) is 7.56. The predicted molar refractivity (Wildman–Crippen MR) is 43.1 cm³/mol. The van der Waals surface area contributed by atoms with Crippen LogP contribution in [-0.2, 0) is 10.4 Å². The van der Waals surface area contributed by atoms with Crippen LogP contribution in [0, 0.1) is 6.92 Å². The molecule has 4 heteroatoms. The first-order valence-corrected chi connectivity index (χ1v) is 4.73. The second kappa shape index (κ2) is 3.23. The zero-order valence-corrected chi connectivity index (χ0v) is 6.99. The molecule has 0 saturated heterocycles.